The number of aliphatic hydroxyl groups excluding tert-OH is 1. The van der Waals surface area contributed by atoms with Crippen LogP contribution in [0.3, 0.4) is 0 Å². The van der Waals surface area contributed by atoms with Gasteiger partial charge in [0.1, 0.15) is 0 Å². The van der Waals surface area contributed by atoms with Crippen molar-refractivity contribution in [2.45, 2.75) is 20.3 Å². The zero-order valence-corrected chi connectivity index (χ0v) is 7.51. The molecule has 1 heterocycles. The largest absolute Gasteiger partial charge is 0.396 e. The molecule has 1 aliphatic heterocycles. The Balaban J connectivity index is 2.31. The van der Waals surface area contributed by atoms with E-state index in [0.29, 0.717) is 12.5 Å². The molecule has 0 amide bonds. The summed E-state index contributed by atoms with van der Waals surface area (Å²) in [7, 11) is 0. The molecule has 0 aromatic carbocycles. The van der Waals surface area contributed by atoms with Crippen LogP contribution < -0.4 is 5.32 Å². The third-order valence-electron chi connectivity index (χ3n) is 2.74. The molecule has 1 atom stereocenters. The fourth-order valence-corrected chi connectivity index (χ4v) is 1.88. The van der Waals surface area contributed by atoms with Gasteiger partial charge in [0, 0.05) is 6.61 Å². The van der Waals surface area contributed by atoms with Crippen LogP contribution in [0.15, 0.2) is 0 Å². The third kappa shape index (κ3) is 2.17. The van der Waals surface area contributed by atoms with E-state index in [4.69, 9.17) is 5.11 Å². The first-order valence-electron chi connectivity index (χ1n) is 4.57. The van der Waals surface area contributed by atoms with Gasteiger partial charge >= 0.3 is 0 Å². The predicted molar refractivity (Wildman–Crippen MR) is 46.4 cm³/mol. The van der Waals surface area contributed by atoms with E-state index in [1.807, 2.05) is 0 Å². The molecule has 11 heavy (non-hydrogen) atoms. The van der Waals surface area contributed by atoms with E-state index in [0.717, 1.165) is 31.3 Å². The standard InChI is InChI=1S/C9H19NO/c1-7(2)9(3-4-11)8-5-10-6-8/h7-11H,3-6H2,1-2H3. The maximum Gasteiger partial charge on any atom is 0.0433 e. The van der Waals surface area contributed by atoms with E-state index < -0.39 is 0 Å². The highest BCUT2D eigenvalue weighted by atomic mass is 16.3. The van der Waals surface area contributed by atoms with Gasteiger partial charge in [0.15, 0.2) is 0 Å². The molecule has 0 aliphatic carbocycles. The normalized spacial score (nSPS) is 21.8. The molecule has 2 N–H and O–H groups in total. The van der Waals surface area contributed by atoms with E-state index >= 15 is 0 Å². The van der Waals surface area contributed by atoms with E-state index in [-0.39, 0.29) is 0 Å². The van der Waals surface area contributed by atoms with Crippen LogP contribution in [0, 0.1) is 17.8 Å². The summed E-state index contributed by atoms with van der Waals surface area (Å²) >= 11 is 0. The van der Waals surface area contributed by atoms with Crippen molar-refractivity contribution in [3.05, 3.63) is 0 Å². The number of hydrogen-bond acceptors (Lipinski definition) is 2. The van der Waals surface area contributed by atoms with Crippen molar-refractivity contribution in [1.29, 1.82) is 0 Å². The fourth-order valence-electron chi connectivity index (χ4n) is 1.88. The van der Waals surface area contributed by atoms with E-state index in [2.05, 4.69) is 19.2 Å². The van der Waals surface area contributed by atoms with Gasteiger partial charge < -0.3 is 10.4 Å². The van der Waals surface area contributed by atoms with Gasteiger partial charge in [-0.15, -0.1) is 0 Å². The van der Waals surface area contributed by atoms with Gasteiger partial charge in [-0.2, -0.15) is 0 Å². The number of aliphatic hydroxyl groups is 1. The van der Waals surface area contributed by atoms with Gasteiger partial charge in [-0.25, -0.2) is 0 Å². The summed E-state index contributed by atoms with van der Waals surface area (Å²) in [6.45, 7) is 7.16. The first-order valence-corrected chi connectivity index (χ1v) is 4.57. The van der Waals surface area contributed by atoms with Gasteiger partial charge in [0.2, 0.25) is 0 Å². The van der Waals surface area contributed by atoms with Crippen LogP contribution in [0.2, 0.25) is 0 Å². The molecule has 66 valence electrons. The van der Waals surface area contributed by atoms with Crippen LogP contribution in [-0.4, -0.2) is 24.8 Å². The summed E-state index contributed by atoms with van der Waals surface area (Å²) in [5.41, 5.74) is 0. The maximum absolute atomic E-state index is 8.83. The smallest absolute Gasteiger partial charge is 0.0433 e. The molecule has 2 heteroatoms. The molecule has 1 unspecified atom stereocenters. The predicted octanol–water partition coefficient (Wildman–Crippen LogP) is 0.860. The summed E-state index contributed by atoms with van der Waals surface area (Å²) in [4.78, 5) is 0. The van der Waals surface area contributed by atoms with Crippen LogP contribution in [0.4, 0.5) is 0 Å². The molecule has 1 aliphatic rings. The molecule has 1 saturated heterocycles. The summed E-state index contributed by atoms with van der Waals surface area (Å²) < 4.78 is 0. The molecule has 0 aromatic rings. The minimum Gasteiger partial charge on any atom is -0.396 e. The molecule has 0 aromatic heterocycles. The maximum atomic E-state index is 8.83. The molecule has 0 radical (unpaired) electrons. The highest BCUT2D eigenvalue weighted by molar-refractivity contribution is 4.82. The van der Waals surface area contributed by atoms with Gasteiger partial charge in [-0.1, -0.05) is 13.8 Å². The quantitative estimate of drug-likeness (QED) is 0.634. The number of rotatable bonds is 4. The van der Waals surface area contributed by atoms with Crippen molar-refractivity contribution >= 4 is 0 Å². The van der Waals surface area contributed by atoms with E-state index in [9.17, 15) is 0 Å². The Labute approximate surface area is 69.0 Å². The van der Waals surface area contributed by atoms with Gasteiger partial charge in [-0.05, 0) is 37.3 Å². The van der Waals surface area contributed by atoms with Crippen molar-refractivity contribution in [1.82, 2.24) is 5.32 Å². The van der Waals surface area contributed by atoms with Crippen molar-refractivity contribution in [3.8, 4) is 0 Å². The Kier molecular flexibility index (Phi) is 3.34. The average molecular weight is 157 g/mol. The highest BCUT2D eigenvalue weighted by Crippen LogP contribution is 2.26. The minimum atomic E-state index is 0.347. The van der Waals surface area contributed by atoms with Crippen molar-refractivity contribution in [2.75, 3.05) is 19.7 Å². The van der Waals surface area contributed by atoms with Crippen LogP contribution >= 0.6 is 0 Å². The van der Waals surface area contributed by atoms with Crippen molar-refractivity contribution < 1.29 is 5.11 Å². The lowest BCUT2D eigenvalue weighted by Crippen LogP contribution is -2.47. The molecule has 2 nitrogen and oxygen atoms in total. The molecule has 1 rings (SSSR count). The summed E-state index contributed by atoms with van der Waals surface area (Å²) in [5, 5.41) is 12.1. The van der Waals surface area contributed by atoms with Crippen molar-refractivity contribution in [2.24, 2.45) is 17.8 Å². The lowest BCUT2D eigenvalue weighted by molar-refractivity contribution is 0.140. The van der Waals surface area contributed by atoms with E-state index in [1.54, 1.807) is 0 Å². The lowest BCUT2D eigenvalue weighted by atomic mass is 9.78. The number of hydrogen-bond donors (Lipinski definition) is 2. The second kappa shape index (κ2) is 4.07. The van der Waals surface area contributed by atoms with Gasteiger partial charge in [0.25, 0.3) is 0 Å². The Morgan fingerprint density at radius 3 is 2.36 bits per heavy atom. The van der Waals surface area contributed by atoms with Crippen molar-refractivity contribution in [3.63, 3.8) is 0 Å². The van der Waals surface area contributed by atoms with E-state index in [1.165, 1.54) is 0 Å². The van der Waals surface area contributed by atoms with Crippen LogP contribution in [0.25, 0.3) is 0 Å². The molecule has 0 bridgehead atoms. The summed E-state index contributed by atoms with van der Waals surface area (Å²) in [6, 6.07) is 0. The molecule has 0 saturated carbocycles. The fraction of sp³-hybridized carbons (Fsp3) is 1.00. The Hall–Kier alpha value is -0.0800. The lowest BCUT2D eigenvalue weighted by Gasteiger charge is -2.36. The average Bonchev–Trinajstić information content (AvgIpc) is 1.82. The SMILES string of the molecule is CC(C)C(CCO)C1CNC1. The summed E-state index contributed by atoms with van der Waals surface area (Å²) in [5.74, 6) is 2.26. The Morgan fingerprint density at radius 1 is 1.45 bits per heavy atom. The summed E-state index contributed by atoms with van der Waals surface area (Å²) in [6.07, 6.45) is 0.976. The molecular formula is C9H19NO. The Bertz CT molecular complexity index is 110. The topological polar surface area (TPSA) is 32.3 Å². The zero-order valence-electron chi connectivity index (χ0n) is 7.51. The van der Waals surface area contributed by atoms with Gasteiger partial charge in [0.05, 0.1) is 0 Å². The first-order chi connectivity index (χ1) is 5.25. The van der Waals surface area contributed by atoms with Crippen LogP contribution in [0.5, 0.6) is 0 Å². The second-order valence-corrected chi connectivity index (χ2v) is 3.84. The number of nitrogens with one attached hydrogen (secondary N) is 1. The minimum absolute atomic E-state index is 0.347. The highest BCUT2D eigenvalue weighted by Gasteiger charge is 2.28. The molecular weight excluding hydrogens is 138 g/mol. The Morgan fingerprint density at radius 2 is 2.09 bits per heavy atom. The third-order valence-corrected chi connectivity index (χ3v) is 2.74. The zero-order chi connectivity index (χ0) is 8.27. The monoisotopic (exact) mass is 157 g/mol. The molecule has 1 fully saturated rings. The van der Waals surface area contributed by atoms with Crippen LogP contribution in [-0.2, 0) is 0 Å². The van der Waals surface area contributed by atoms with Gasteiger partial charge in [-0.3, -0.25) is 0 Å². The second-order valence-electron chi connectivity index (χ2n) is 3.84. The van der Waals surface area contributed by atoms with Crippen LogP contribution in [0.1, 0.15) is 20.3 Å². The first kappa shape index (κ1) is 9.01. The molecule has 0 spiro atoms.